The SMILES string of the molecule is CC(C)n1c(=O)c2c(C#N)cccc2n1C. The van der Waals surface area contributed by atoms with Crippen LogP contribution in [0.5, 0.6) is 0 Å². The zero-order chi connectivity index (χ0) is 11.9. The Balaban J connectivity index is 3.01. The highest BCUT2D eigenvalue weighted by atomic mass is 16.1. The van der Waals surface area contributed by atoms with Gasteiger partial charge in [0.25, 0.3) is 5.56 Å². The summed E-state index contributed by atoms with van der Waals surface area (Å²) in [6.45, 7) is 3.90. The smallest absolute Gasteiger partial charge is 0.276 e. The van der Waals surface area contributed by atoms with Gasteiger partial charge in [0.05, 0.1) is 16.5 Å². The highest BCUT2D eigenvalue weighted by molar-refractivity contribution is 5.84. The molecule has 4 nitrogen and oxygen atoms in total. The number of hydrogen-bond donors (Lipinski definition) is 0. The third-order valence-electron chi connectivity index (χ3n) is 2.75. The maximum Gasteiger partial charge on any atom is 0.276 e. The molecule has 0 saturated heterocycles. The van der Waals surface area contributed by atoms with Crippen LogP contribution in [0.25, 0.3) is 10.9 Å². The van der Waals surface area contributed by atoms with E-state index in [1.54, 1.807) is 16.8 Å². The summed E-state index contributed by atoms with van der Waals surface area (Å²) in [6, 6.07) is 7.47. The Morgan fingerprint density at radius 3 is 2.62 bits per heavy atom. The second-order valence-corrected chi connectivity index (χ2v) is 4.08. The Morgan fingerprint density at radius 1 is 1.38 bits per heavy atom. The minimum absolute atomic E-state index is 0.0800. The lowest BCUT2D eigenvalue weighted by molar-refractivity contribution is 0.447. The van der Waals surface area contributed by atoms with Crippen molar-refractivity contribution in [3.63, 3.8) is 0 Å². The Bertz CT molecular complexity index is 641. The van der Waals surface area contributed by atoms with Crippen LogP contribution in [0.4, 0.5) is 0 Å². The van der Waals surface area contributed by atoms with Crippen molar-refractivity contribution < 1.29 is 0 Å². The standard InChI is InChI=1S/C12H13N3O/c1-8(2)15-12(16)11-9(7-13)5-4-6-10(11)14(15)3/h4-6,8H,1-3H3. The fraction of sp³-hybridized carbons (Fsp3) is 0.333. The van der Waals surface area contributed by atoms with E-state index in [1.807, 2.05) is 31.6 Å². The molecule has 0 spiro atoms. The molecule has 4 heteroatoms. The highest BCUT2D eigenvalue weighted by Crippen LogP contribution is 2.16. The van der Waals surface area contributed by atoms with Crippen molar-refractivity contribution in [3.8, 4) is 6.07 Å². The van der Waals surface area contributed by atoms with Crippen LogP contribution in [0.15, 0.2) is 23.0 Å². The van der Waals surface area contributed by atoms with E-state index in [-0.39, 0.29) is 11.6 Å². The molecule has 0 atom stereocenters. The Hall–Kier alpha value is -2.02. The van der Waals surface area contributed by atoms with Gasteiger partial charge in [0.2, 0.25) is 0 Å². The molecule has 2 aromatic rings. The van der Waals surface area contributed by atoms with Crippen LogP contribution in [0.1, 0.15) is 25.5 Å². The van der Waals surface area contributed by atoms with Crippen molar-refractivity contribution in [3.05, 3.63) is 34.1 Å². The Kier molecular flexibility index (Phi) is 2.31. The maximum absolute atomic E-state index is 12.2. The summed E-state index contributed by atoms with van der Waals surface area (Å²) >= 11 is 0. The van der Waals surface area contributed by atoms with E-state index in [1.165, 1.54) is 0 Å². The molecule has 0 fully saturated rings. The summed E-state index contributed by atoms with van der Waals surface area (Å²) in [5, 5.41) is 9.51. The molecular formula is C12H13N3O. The number of nitrogens with zero attached hydrogens (tertiary/aromatic N) is 3. The molecule has 82 valence electrons. The average Bonchev–Trinajstić information content (AvgIpc) is 2.51. The molecule has 1 aromatic carbocycles. The highest BCUT2D eigenvalue weighted by Gasteiger charge is 2.15. The lowest BCUT2D eigenvalue weighted by atomic mass is 10.1. The monoisotopic (exact) mass is 215 g/mol. The zero-order valence-electron chi connectivity index (χ0n) is 9.56. The van der Waals surface area contributed by atoms with Gasteiger partial charge in [0, 0.05) is 13.1 Å². The number of fused-ring (bicyclic) bond motifs is 1. The van der Waals surface area contributed by atoms with Crippen molar-refractivity contribution >= 4 is 10.9 Å². The molecule has 16 heavy (non-hydrogen) atoms. The molecule has 0 radical (unpaired) electrons. The molecule has 1 heterocycles. The predicted octanol–water partition coefficient (Wildman–Crippen LogP) is 1.79. The molecule has 0 amide bonds. The summed E-state index contributed by atoms with van der Waals surface area (Å²) in [7, 11) is 1.84. The summed E-state index contributed by atoms with van der Waals surface area (Å²) in [5.41, 5.74) is 1.15. The summed E-state index contributed by atoms with van der Waals surface area (Å²) in [6.07, 6.45) is 0. The lowest BCUT2D eigenvalue weighted by Gasteiger charge is -2.10. The van der Waals surface area contributed by atoms with Crippen molar-refractivity contribution in [2.75, 3.05) is 0 Å². The van der Waals surface area contributed by atoms with Gasteiger partial charge >= 0.3 is 0 Å². The van der Waals surface area contributed by atoms with E-state index in [0.29, 0.717) is 10.9 Å². The van der Waals surface area contributed by atoms with E-state index in [4.69, 9.17) is 5.26 Å². The molecule has 0 saturated carbocycles. The van der Waals surface area contributed by atoms with E-state index < -0.39 is 0 Å². The first kappa shape index (κ1) is 10.5. The van der Waals surface area contributed by atoms with Crippen LogP contribution in [-0.4, -0.2) is 9.36 Å². The normalized spacial score (nSPS) is 10.9. The van der Waals surface area contributed by atoms with Gasteiger partial charge < -0.3 is 0 Å². The summed E-state index contributed by atoms with van der Waals surface area (Å²) < 4.78 is 3.47. The first-order valence-corrected chi connectivity index (χ1v) is 5.18. The largest absolute Gasteiger partial charge is 0.285 e. The minimum Gasteiger partial charge on any atom is -0.285 e. The Labute approximate surface area is 93.3 Å². The topological polar surface area (TPSA) is 50.7 Å². The van der Waals surface area contributed by atoms with Crippen LogP contribution in [-0.2, 0) is 7.05 Å². The molecule has 0 aliphatic carbocycles. The van der Waals surface area contributed by atoms with Gasteiger partial charge in [-0.2, -0.15) is 5.26 Å². The van der Waals surface area contributed by atoms with Gasteiger partial charge in [-0.15, -0.1) is 0 Å². The van der Waals surface area contributed by atoms with Gasteiger partial charge in [-0.25, -0.2) is 4.68 Å². The summed E-state index contributed by atoms with van der Waals surface area (Å²) in [4.78, 5) is 12.2. The van der Waals surface area contributed by atoms with Crippen molar-refractivity contribution in [1.29, 1.82) is 5.26 Å². The molecular weight excluding hydrogens is 202 g/mol. The van der Waals surface area contributed by atoms with Crippen molar-refractivity contribution in [2.45, 2.75) is 19.9 Å². The fourth-order valence-corrected chi connectivity index (χ4v) is 2.08. The second kappa shape index (κ2) is 3.53. The third-order valence-corrected chi connectivity index (χ3v) is 2.75. The van der Waals surface area contributed by atoms with Gasteiger partial charge in [-0.3, -0.25) is 9.48 Å². The van der Waals surface area contributed by atoms with E-state index in [0.717, 1.165) is 5.52 Å². The van der Waals surface area contributed by atoms with Crippen LogP contribution >= 0.6 is 0 Å². The van der Waals surface area contributed by atoms with Crippen molar-refractivity contribution in [1.82, 2.24) is 9.36 Å². The van der Waals surface area contributed by atoms with Crippen molar-refractivity contribution in [2.24, 2.45) is 7.05 Å². The molecule has 0 aliphatic rings. The average molecular weight is 215 g/mol. The van der Waals surface area contributed by atoms with E-state index in [2.05, 4.69) is 6.07 Å². The number of aryl methyl sites for hydroxylation is 1. The first-order valence-electron chi connectivity index (χ1n) is 5.18. The minimum atomic E-state index is -0.0929. The van der Waals surface area contributed by atoms with Gasteiger partial charge in [0.1, 0.15) is 6.07 Å². The molecule has 0 aliphatic heterocycles. The number of benzene rings is 1. The van der Waals surface area contributed by atoms with Gasteiger partial charge in [0.15, 0.2) is 0 Å². The number of hydrogen-bond acceptors (Lipinski definition) is 2. The molecule has 0 unspecified atom stereocenters. The van der Waals surface area contributed by atoms with E-state index >= 15 is 0 Å². The lowest BCUT2D eigenvalue weighted by Crippen LogP contribution is -2.23. The van der Waals surface area contributed by atoms with Crippen LogP contribution in [0, 0.1) is 11.3 Å². The number of rotatable bonds is 1. The number of nitriles is 1. The maximum atomic E-state index is 12.2. The molecule has 1 aromatic heterocycles. The first-order chi connectivity index (χ1) is 7.57. The predicted molar refractivity (Wildman–Crippen MR) is 62.3 cm³/mol. The molecule has 0 N–H and O–H groups in total. The second-order valence-electron chi connectivity index (χ2n) is 4.08. The zero-order valence-corrected chi connectivity index (χ0v) is 9.56. The van der Waals surface area contributed by atoms with Gasteiger partial charge in [-0.05, 0) is 26.0 Å². The van der Waals surface area contributed by atoms with Crippen LogP contribution in [0.3, 0.4) is 0 Å². The molecule has 2 rings (SSSR count). The fourth-order valence-electron chi connectivity index (χ4n) is 2.08. The van der Waals surface area contributed by atoms with Gasteiger partial charge in [-0.1, -0.05) is 6.07 Å². The molecule has 0 bridgehead atoms. The van der Waals surface area contributed by atoms with Crippen LogP contribution < -0.4 is 5.56 Å². The third kappa shape index (κ3) is 1.25. The van der Waals surface area contributed by atoms with E-state index in [9.17, 15) is 4.79 Å². The Morgan fingerprint density at radius 2 is 2.06 bits per heavy atom. The summed E-state index contributed by atoms with van der Waals surface area (Å²) in [5.74, 6) is 0. The van der Waals surface area contributed by atoms with Crippen LogP contribution in [0.2, 0.25) is 0 Å². The number of aromatic nitrogens is 2. The quantitative estimate of drug-likeness (QED) is 0.728.